The van der Waals surface area contributed by atoms with Crippen LogP contribution in [0.2, 0.25) is 0 Å². The smallest absolute Gasteiger partial charge is 0.379 e. The average molecular weight is 244 g/mol. The molecule has 0 fully saturated rings. The topological polar surface area (TPSA) is 60.4 Å². The molecule has 0 saturated carbocycles. The molecule has 0 aliphatic rings. The van der Waals surface area contributed by atoms with Crippen molar-refractivity contribution in [1.29, 1.82) is 0 Å². The third kappa shape index (κ3) is 3.87. The predicted octanol–water partition coefficient (Wildman–Crippen LogP) is 1.37. The molecule has 4 nitrogen and oxygen atoms in total. The summed E-state index contributed by atoms with van der Waals surface area (Å²) in [6.07, 6.45) is 0.884. The maximum atomic E-state index is 11.5. The van der Waals surface area contributed by atoms with E-state index >= 15 is 0 Å². The Labute approximate surface area is 105 Å². The largest absolute Gasteiger partial charge is 0.460 e. The Morgan fingerprint density at radius 2 is 1.94 bits per heavy atom. The van der Waals surface area contributed by atoms with Gasteiger partial charge < -0.3 is 9.53 Å². The molecule has 0 spiro atoms. The van der Waals surface area contributed by atoms with E-state index in [9.17, 15) is 14.4 Å². The molecular weight excluding hydrogens is 232 g/mol. The highest BCUT2D eigenvalue weighted by atomic mass is 16.5. The summed E-state index contributed by atoms with van der Waals surface area (Å²) >= 11 is 0. The first-order valence-electron chi connectivity index (χ1n) is 5.43. The summed E-state index contributed by atoms with van der Waals surface area (Å²) < 4.78 is 4.61. The summed E-state index contributed by atoms with van der Waals surface area (Å²) in [6.45, 7) is 1.80. The summed E-state index contributed by atoms with van der Waals surface area (Å²) in [7, 11) is 0. The molecule has 4 heteroatoms. The molecule has 0 aromatic heterocycles. The van der Waals surface area contributed by atoms with E-state index in [2.05, 4.69) is 16.6 Å². The molecule has 0 radical (unpaired) electrons. The summed E-state index contributed by atoms with van der Waals surface area (Å²) in [5, 5.41) is 0. The van der Waals surface area contributed by atoms with E-state index in [0.717, 1.165) is 0 Å². The molecule has 1 aromatic carbocycles. The lowest BCUT2D eigenvalue weighted by Crippen LogP contribution is -2.17. The van der Waals surface area contributed by atoms with Gasteiger partial charge in [-0.2, -0.15) is 0 Å². The van der Waals surface area contributed by atoms with Gasteiger partial charge >= 0.3 is 5.97 Å². The number of esters is 1. The second kappa shape index (κ2) is 7.02. The van der Waals surface area contributed by atoms with Gasteiger partial charge in [0.1, 0.15) is 6.29 Å². The van der Waals surface area contributed by atoms with Gasteiger partial charge in [-0.05, 0) is 31.2 Å². The summed E-state index contributed by atoms with van der Waals surface area (Å²) in [4.78, 5) is 32.8. The minimum absolute atomic E-state index is 0.166. The molecule has 0 saturated heterocycles. The monoisotopic (exact) mass is 244 g/mol. The van der Waals surface area contributed by atoms with Crippen LogP contribution in [0.25, 0.3) is 0 Å². The highest BCUT2D eigenvalue weighted by molar-refractivity contribution is 6.40. The van der Waals surface area contributed by atoms with Crippen LogP contribution in [-0.2, 0) is 14.3 Å². The van der Waals surface area contributed by atoms with Gasteiger partial charge in [0.25, 0.3) is 5.78 Å². The second-order valence-corrected chi connectivity index (χ2v) is 3.30. The van der Waals surface area contributed by atoms with Crippen LogP contribution in [0.5, 0.6) is 0 Å². The summed E-state index contributed by atoms with van der Waals surface area (Å²) in [5.74, 6) is 3.87. The van der Waals surface area contributed by atoms with E-state index in [1.807, 2.05) is 0 Å². The Kier molecular flexibility index (Phi) is 5.33. The molecule has 18 heavy (non-hydrogen) atoms. The van der Waals surface area contributed by atoms with Crippen LogP contribution < -0.4 is 0 Å². The van der Waals surface area contributed by atoms with Crippen LogP contribution in [0.3, 0.4) is 0 Å². The van der Waals surface area contributed by atoms with Crippen molar-refractivity contribution in [3.8, 4) is 11.8 Å². The standard InChI is InChI=1S/C14H12O4/c1-2-18-14(17)13(16)12-8-6-11(7-9-12)5-3-4-10-15/h6-10H,2,4H2,1H3. The van der Waals surface area contributed by atoms with E-state index in [1.165, 1.54) is 12.1 Å². The zero-order valence-corrected chi connectivity index (χ0v) is 9.93. The lowest BCUT2D eigenvalue weighted by atomic mass is 10.1. The Morgan fingerprint density at radius 3 is 2.50 bits per heavy atom. The van der Waals surface area contributed by atoms with Crippen LogP contribution in [0.15, 0.2) is 24.3 Å². The van der Waals surface area contributed by atoms with E-state index in [4.69, 9.17) is 0 Å². The van der Waals surface area contributed by atoms with E-state index in [0.29, 0.717) is 11.8 Å². The molecule has 0 N–H and O–H groups in total. The molecule has 0 aliphatic carbocycles. The van der Waals surface area contributed by atoms with Gasteiger partial charge in [-0.15, -0.1) is 0 Å². The SMILES string of the molecule is CCOC(=O)C(=O)c1ccc(C#CCC=O)cc1. The molecule has 92 valence electrons. The quantitative estimate of drug-likeness (QED) is 0.264. The number of ether oxygens (including phenoxy) is 1. The van der Waals surface area contributed by atoms with Crippen molar-refractivity contribution >= 4 is 18.0 Å². The number of hydrogen-bond donors (Lipinski definition) is 0. The molecule has 1 rings (SSSR count). The van der Waals surface area contributed by atoms with Crippen LogP contribution >= 0.6 is 0 Å². The Hall–Kier alpha value is -2.41. The van der Waals surface area contributed by atoms with Gasteiger partial charge in [-0.25, -0.2) is 4.79 Å². The van der Waals surface area contributed by atoms with E-state index in [1.54, 1.807) is 19.1 Å². The third-order valence-electron chi connectivity index (χ3n) is 2.03. The molecule has 0 unspecified atom stereocenters. The van der Waals surface area contributed by atoms with Crippen molar-refractivity contribution in [1.82, 2.24) is 0 Å². The summed E-state index contributed by atoms with van der Waals surface area (Å²) in [5.41, 5.74) is 0.937. The van der Waals surface area contributed by atoms with Crippen LogP contribution in [-0.4, -0.2) is 24.6 Å². The predicted molar refractivity (Wildman–Crippen MR) is 65.0 cm³/mol. The van der Waals surface area contributed by atoms with E-state index in [-0.39, 0.29) is 18.6 Å². The Morgan fingerprint density at radius 1 is 1.28 bits per heavy atom. The van der Waals surface area contributed by atoms with Crippen LogP contribution in [0, 0.1) is 11.8 Å². The maximum Gasteiger partial charge on any atom is 0.379 e. The lowest BCUT2D eigenvalue weighted by Gasteiger charge is -2.00. The van der Waals surface area contributed by atoms with Crippen molar-refractivity contribution in [2.45, 2.75) is 13.3 Å². The number of benzene rings is 1. The fourth-order valence-corrected chi connectivity index (χ4v) is 1.21. The highest BCUT2D eigenvalue weighted by Crippen LogP contribution is 2.05. The molecule has 1 aromatic rings. The van der Waals surface area contributed by atoms with Gasteiger partial charge in [0.2, 0.25) is 0 Å². The minimum Gasteiger partial charge on any atom is -0.460 e. The molecular formula is C14H12O4. The number of carbonyl (C=O) groups excluding carboxylic acids is 3. The number of Topliss-reactive ketones (excluding diaryl/α,β-unsaturated/α-hetero) is 1. The first kappa shape index (κ1) is 13.7. The molecule has 0 amide bonds. The molecule has 0 bridgehead atoms. The number of aldehydes is 1. The Balaban J connectivity index is 2.77. The number of rotatable bonds is 4. The van der Waals surface area contributed by atoms with Gasteiger partial charge in [0, 0.05) is 11.1 Å². The fraction of sp³-hybridized carbons (Fsp3) is 0.214. The van der Waals surface area contributed by atoms with Crippen molar-refractivity contribution in [2.75, 3.05) is 6.61 Å². The minimum atomic E-state index is -0.864. The average Bonchev–Trinajstić information content (AvgIpc) is 2.39. The number of hydrogen-bond acceptors (Lipinski definition) is 4. The fourth-order valence-electron chi connectivity index (χ4n) is 1.21. The number of ketones is 1. The second-order valence-electron chi connectivity index (χ2n) is 3.30. The van der Waals surface area contributed by atoms with Crippen molar-refractivity contribution in [2.24, 2.45) is 0 Å². The zero-order chi connectivity index (χ0) is 13.4. The van der Waals surface area contributed by atoms with Gasteiger partial charge in [-0.3, -0.25) is 4.79 Å². The Bertz CT molecular complexity index is 503. The summed E-state index contributed by atoms with van der Waals surface area (Å²) in [6, 6.07) is 6.24. The number of carbonyl (C=O) groups is 3. The first-order valence-corrected chi connectivity index (χ1v) is 5.43. The third-order valence-corrected chi connectivity index (χ3v) is 2.03. The highest BCUT2D eigenvalue weighted by Gasteiger charge is 2.16. The van der Waals surface area contributed by atoms with Crippen molar-refractivity contribution < 1.29 is 19.1 Å². The van der Waals surface area contributed by atoms with Gasteiger partial charge in [0.15, 0.2) is 0 Å². The van der Waals surface area contributed by atoms with Gasteiger partial charge in [-0.1, -0.05) is 11.8 Å². The van der Waals surface area contributed by atoms with Crippen LogP contribution in [0.4, 0.5) is 0 Å². The van der Waals surface area contributed by atoms with Crippen molar-refractivity contribution in [3.05, 3.63) is 35.4 Å². The molecule has 0 atom stereocenters. The molecule has 0 aliphatic heterocycles. The molecule has 0 heterocycles. The normalized spacial score (nSPS) is 8.94. The van der Waals surface area contributed by atoms with Crippen LogP contribution in [0.1, 0.15) is 29.3 Å². The van der Waals surface area contributed by atoms with Gasteiger partial charge in [0.05, 0.1) is 13.0 Å². The van der Waals surface area contributed by atoms with E-state index < -0.39 is 11.8 Å². The van der Waals surface area contributed by atoms with Crippen molar-refractivity contribution in [3.63, 3.8) is 0 Å². The first-order chi connectivity index (χ1) is 8.69. The maximum absolute atomic E-state index is 11.5. The zero-order valence-electron chi connectivity index (χ0n) is 9.93. The lowest BCUT2D eigenvalue weighted by molar-refractivity contribution is -0.137.